The molecule has 2 nitrogen and oxygen atoms in total. The number of nitrogens with zero attached hydrogens (tertiary/aromatic N) is 1. The van der Waals surface area contributed by atoms with E-state index >= 15 is 0 Å². The predicted octanol–water partition coefficient (Wildman–Crippen LogP) is 3.28. The Morgan fingerprint density at radius 2 is 1.45 bits per heavy atom. The van der Waals surface area contributed by atoms with Crippen LogP contribution in [-0.4, -0.2) is 4.98 Å². The lowest BCUT2D eigenvalue weighted by molar-refractivity contribution is 1.33. The minimum Gasteiger partial charge on any atom is -0.395 e. The number of hydrogen-bond acceptors (Lipinski definition) is 2. The Kier molecular flexibility index (Phi) is 2.70. The first-order chi connectivity index (χ1) is 5.04. The number of rotatable bonds is 0. The molecule has 1 rings (SSSR count). The van der Waals surface area contributed by atoms with E-state index in [1.165, 1.54) is 0 Å². The molecule has 6 heteroatoms. The van der Waals surface area contributed by atoms with Gasteiger partial charge < -0.3 is 5.73 Å². The highest BCUT2D eigenvalue weighted by Gasteiger charge is 2.11. The van der Waals surface area contributed by atoms with Gasteiger partial charge in [-0.1, -0.05) is 46.4 Å². The summed E-state index contributed by atoms with van der Waals surface area (Å²) in [5.74, 6) is 0. The Labute approximate surface area is 83.2 Å². The number of anilines is 1. The molecule has 0 spiro atoms. The van der Waals surface area contributed by atoms with E-state index in [2.05, 4.69) is 4.98 Å². The van der Waals surface area contributed by atoms with E-state index in [9.17, 15) is 0 Å². The molecule has 0 saturated heterocycles. The van der Waals surface area contributed by atoms with E-state index in [1.54, 1.807) is 0 Å². The predicted molar refractivity (Wildman–Crippen MR) is 48.7 cm³/mol. The molecule has 0 amide bonds. The Balaban J connectivity index is 3.46. The van der Waals surface area contributed by atoms with Crippen LogP contribution in [0, 0.1) is 0 Å². The van der Waals surface area contributed by atoms with Crippen molar-refractivity contribution in [2.75, 3.05) is 5.73 Å². The molecule has 0 bridgehead atoms. The van der Waals surface area contributed by atoms with Crippen molar-refractivity contribution in [2.24, 2.45) is 0 Å². The lowest BCUT2D eigenvalue weighted by atomic mass is 10.4. The SMILES string of the molecule is Nc1c(Cl)nc(Cl)c(Cl)c1Cl. The number of hydrogen-bond donors (Lipinski definition) is 1. The van der Waals surface area contributed by atoms with Crippen molar-refractivity contribution < 1.29 is 0 Å². The first kappa shape index (κ1) is 9.20. The number of nitrogen functional groups attached to an aromatic ring is 1. The first-order valence-electron chi connectivity index (χ1n) is 2.49. The largest absolute Gasteiger partial charge is 0.395 e. The van der Waals surface area contributed by atoms with E-state index in [0.29, 0.717) is 0 Å². The van der Waals surface area contributed by atoms with Crippen LogP contribution in [0.25, 0.3) is 0 Å². The van der Waals surface area contributed by atoms with Gasteiger partial charge in [-0.3, -0.25) is 0 Å². The summed E-state index contributed by atoms with van der Waals surface area (Å²) in [5.41, 5.74) is 5.52. The van der Waals surface area contributed by atoms with E-state index < -0.39 is 0 Å². The molecule has 2 N–H and O–H groups in total. The van der Waals surface area contributed by atoms with Crippen molar-refractivity contribution in [1.29, 1.82) is 0 Å². The Morgan fingerprint density at radius 3 is 2.00 bits per heavy atom. The molecule has 0 aliphatic rings. The lowest BCUT2D eigenvalue weighted by Crippen LogP contribution is -1.92. The van der Waals surface area contributed by atoms with Crippen molar-refractivity contribution in [2.45, 2.75) is 0 Å². The zero-order chi connectivity index (χ0) is 8.59. The summed E-state index contributed by atoms with van der Waals surface area (Å²) < 4.78 is 0. The number of aromatic nitrogens is 1. The van der Waals surface area contributed by atoms with Crippen LogP contribution >= 0.6 is 46.4 Å². The maximum Gasteiger partial charge on any atom is 0.155 e. The maximum atomic E-state index is 5.62. The molecule has 0 saturated carbocycles. The van der Waals surface area contributed by atoms with Gasteiger partial charge in [0.1, 0.15) is 0 Å². The maximum absolute atomic E-state index is 5.62. The topological polar surface area (TPSA) is 38.9 Å². The van der Waals surface area contributed by atoms with Crippen molar-refractivity contribution in [3.8, 4) is 0 Å². The summed E-state index contributed by atoms with van der Waals surface area (Å²) in [4.78, 5) is 3.62. The third kappa shape index (κ3) is 1.64. The molecule has 60 valence electrons. The second kappa shape index (κ2) is 3.23. The van der Waals surface area contributed by atoms with Crippen LogP contribution in [0.2, 0.25) is 20.4 Å². The number of pyridine rings is 1. The Bertz CT molecular complexity index is 273. The summed E-state index contributed by atoms with van der Waals surface area (Å²) in [6.45, 7) is 0. The van der Waals surface area contributed by atoms with E-state index in [1.807, 2.05) is 0 Å². The summed E-state index contributed by atoms with van der Waals surface area (Å²) >= 11 is 22.3. The highest BCUT2D eigenvalue weighted by Crippen LogP contribution is 2.36. The van der Waals surface area contributed by atoms with Gasteiger partial charge in [-0.25, -0.2) is 4.98 Å². The van der Waals surface area contributed by atoms with E-state index in [4.69, 9.17) is 52.1 Å². The van der Waals surface area contributed by atoms with Crippen LogP contribution in [0.1, 0.15) is 0 Å². The molecule has 0 fully saturated rings. The fourth-order valence-electron chi connectivity index (χ4n) is 0.495. The lowest BCUT2D eigenvalue weighted by Gasteiger charge is -2.02. The van der Waals surface area contributed by atoms with Gasteiger partial charge in [-0.2, -0.15) is 0 Å². The van der Waals surface area contributed by atoms with Crippen LogP contribution in [0.15, 0.2) is 0 Å². The molecule has 0 atom stereocenters. The number of nitrogens with two attached hydrogens (primary N) is 1. The summed E-state index contributed by atoms with van der Waals surface area (Å²) in [5, 5.41) is 0.368. The van der Waals surface area contributed by atoms with Gasteiger partial charge in [0, 0.05) is 0 Å². The van der Waals surface area contributed by atoms with Crippen LogP contribution in [0.4, 0.5) is 5.69 Å². The van der Waals surface area contributed by atoms with Gasteiger partial charge in [-0.15, -0.1) is 0 Å². The van der Waals surface area contributed by atoms with Gasteiger partial charge in [-0.05, 0) is 0 Å². The molecule has 0 aliphatic carbocycles. The minimum atomic E-state index is 0.0517. The molecule has 1 aromatic heterocycles. The van der Waals surface area contributed by atoms with E-state index in [0.717, 1.165) is 0 Å². The van der Waals surface area contributed by atoms with Gasteiger partial charge in [0.05, 0.1) is 15.7 Å². The quantitative estimate of drug-likeness (QED) is 0.697. The van der Waals surface area contributed by atoms with Crippen LogP contribution in [0.3, 0.4) is 0 Å². The fourth-order valence-corrected chi connectivity index (χ4v) is 1.32. The number of halogens is 4. The van der Waals surface area contributed by atoms with Gasteiger partial charge in [0.2, 0.25) is 0 Å². The highest BCUT2D eigenvalue weighted by molar-refractivity contribution is 6.50. The second-order valence-corrected chi connectivity index (χ2v) is 3.21. The molecule has 0 radical (unpaired) electrons. The normalized spacial score (nSPS) is 10.2. The van der Waals surface area contributed by atoms with Crippen LogP contribution < -0.4 is 5.73 Å². The van der Waals surface area contributed by atoms with Gasteiger partial charge in [0.15, 0.2) is 10.3 Å². The molecule has 0 aromatic carbocycles. The third-order valence-electron chi connectivity index (χ3n) is 1.03. The highest BCUT2D eigenvalue weighted by atomic mass is 35.5. The zero-order valence-corrected chi connectivity index (χ0v) is 8.06. The van der Waals surface area contributed by atoms with Crippen LogP contribution in [-0.2, 0) is 0 Å². The minimum absolute atomic E-state index is 0.0517. The molecular formula is C5H2Cl4N2. The smallest absolute Gasteiger partial charge is 0.155 e. The molecule has 0 unspecified atom stereocenters. The first-order valence-corrected chi connectivity index (χ1v) is 4.00. The second-order valence-electron chi connectivity index (χ2n) is 1.74. The van der Waals surface area contributed by atoms with Crippen molar-refractivity contribution in [3.63, 3.8) is 0 Å². The third-order valence-corrected chi connectivity index (χ3v) is 2.54. The molecule has 11 heavy (non-hydrogen) atoms. The standard InChI is InChI=1S/C5H2Cl4N2/c6-1-2(7)4(8)11-5(9)3(1)10/h10H2. The van der Waals surface area contributed by atoms with Gasteiger partial charge >= 0.3 is 0 Å². The Morgan fingerprint density at radius 1 is 0.909 bits per heavy atom. The Hall–Kier alpha value is 0.110. The molecule has 0 aliphatic heterocycles. The summed E-state index contributed by atoms with van der Waals surface area (Å²) in [6, 6.07) is 0. The van der Waals surface area contributed by atoms with Crippen molar-refractivity contribution in [3.05, 3.63) is 20.4 Å². The monoisotopic (exact) mass is 230 g/mol. The van der Waals surface area contributed by atoms with Crippen molar-refractivity contribution >= 4 is 52.1 Å². The average molecular weight is 232 g/mol. The molecule has 1 aromatic rings. The average Bonchev–Trinajstić information content (AvgIpc) is 1.97. The fraction of sp³-hybridized carbons (Fsp3) is 0. The van der Waals surface area contributed by atoms with Crippen molar-refractivity contribution in [1.82, 2.24) is 4.98 Å². The van der Waals surface area contributed by atoms with Crippen LogP contribution in [0.5, 0.6) is 0 Å². The summed E-state index contributed by atoms with van der Waals surface area (Å²) in [7, 11) is 0. The zero-order valence-electron chi connectivity index (χ0n) is 5.04. The molecule has 1 heterocycles. The molecular weight excluding hydrogens is 230 g/mol. The van der Waals surface area contributed by atoms with Gasteiger partial charge in [0.25, 0.3) is 0 Å². The summed E-state index contributed by atoms with van der Waals surface area (Å²) in [6.07, 6.45) is 0. The van der Waals surface area contributed by atoms with E-state index in [-0.39, 0.29) is 26.0 Å².